The molecule has 2 heterocycles. The van der Waals surface area contributed by atoms with E-state index in [1.54, 1.807) is 18.5 Å². The van der Waals surface area contributed by atoms with Crippen LogP contribution < -0.4 is 4.90 Å². The zero-order chi connectivity index (χ0) is 22.7. The summed E-state index contributed by atoms with van der Waals surface area (Å²) in [6.45, 7) is 2.28. The first-order chi connectivity index (χ1) is 15.4. The minimum absolute atomic E-state index is 0.0162. The van der Waals surface area contributed by atoms with Crippen molar-refractivity contribution in [1.82, 2.24) is 14.3 Å². The van der Waals surface area contributed by atoms with Crippen molar-refractivity contribution in [2.45, 2.75) is 44.7 Å². The Kier molecular flexibility index (Phi) is 6.57. The maximum Gasteiger partial charge on any atom is 0.350 e. The highest BCUT2D eigenvalue weighted by atomic mass is 32.2. The van der Waals surface area contributed by atoms with Gasteiger partial charge in [0, 0.05) is 30.5 Å². The van der Waals surface area contributed by atoms with Gasteiger partial charge in [0.15, 0.2) is 0 Å². The number of rotatable bonds is 7. The third kappa shape index (κ3) is 4.68. The smallest absolute Gasteiger partial charge is 0.350 e. The van der Waals surface area contributed by atoms with E-state index in [4.69, 9.17) is 0 Å². The summed E-state index contributed by atoms with van der Waals surface area (Å²) < 4.78 is 52.9. The zero-order valence-electron chi connectivity index (χ0n) is 17.8. The lowest BCUT2D eigenvalue weighted by molar-refractivity contribution is 0.216. The number of fused-ring (bicyclic) bond motifs is 1. The number of sulfonamides is 1. The number of imidazole rings is 1. The van der Waals surface area contributed by atoms with Crippen LogP contribution in [0.1, 0.15) is 28.9 Å². The van der Waals surface area contributed by atoms with E-state index in [1.807, 2.05) is 49.4 Å². The quantitative estimate of drug-likeness (QED) is 0.577. The van der Waals surface area contributed by atoms with Crippen LogP contribution in [0.25, 0.3) is 0 Å². The van der Waals surface area contributed by atoms with Gasteiger partial charge in [-0.1, -0.05) is 48.5 Å². The molecular weight excluding hydrogens is 434 g/mol. The lowest BCUT2D eigenvalue weighted by Gasteiger charge is -2.34. The molecule has 0 radical (unpaired) electrons. The molecule has 170 valence electrons. The Balaban J connectivity index is 1.73. The number of aromatic amines is 1. The summed E-state index contributed by atoms with van der Waals surface area (Å²) in [5, 5.41) is 0. The summed E-state index contributed by atoms with van der Waals surface area (Å²) in [5.41, 5.74) is 4.43. The van der Waals surface area contributed by atoms with Crippen molar-refractivity contribution in [3.8, 4) is 0 Å². The van der Waals surface area contributed by atoms with Crippen LogP contribution in [0.15, 0.2) is 60.9 Å². The lowest BCUT2D eigenvalue weighted by atomic mass is 10.0. The van der Waals surface area contributed by atoms with E-state index < -0.39 is 15.8 Å². The van der Waals surface area contributed by atoms with Gasteiger partial charge in [0.2, 0.25) is 0 Å². The molecule has 1 aliphatic heterocycles. The van der Waals surface area contributed by atoms with Crippen LogP contribution in [0.5, 0.6) is 0 Å². The van der Waals surface area contributed by atoms with E-state index in [-0.39, 0.29) is 19.1 Å². The standard InChI is InChI=1S/C23H26F2N4O2S/c1-17-21(27-16-26-17)15-29-20(12-11-18-7-3-2-4-8-18)14-28(32(30,31)23(24)25)13-19-9-5-6-10-22(19)29/h2-10,16,20,23H,11-15H2,1H3,(H,26,27)/t20-/m0/s1. The molecule has 3 aromatic rings. The third-order valence-corrected chi connectivity index (χ3v) is 7.40. The highest BCUT2D eigenvalue weighted by Crippen LogP contribution is 2.33. The van der Waals surface area contributed by atoms with Crippen LogP contribution in [0.4, 0.5) is 14.5 Å². The van der Waals surface area contributed by atoms with Crippen LogP contribution in [0.2, 0.25) is 0 Å². The fourth-order valence-corrected chi connectivity index (χ4v) is 5.09. The number of nitrogens with zero attached hydrogens (tertiary/aromatic N) is 3. The Morgan fingerprint density at radius 3 is 2.53 bits per heavy atom. The maximum atomic E-state index is 13.5. The number of aryl methyl sites for hydroxylation is 2. The highest BCUT2D eigenvalue weighted by molar-refractivity contribution is 7.89. The van der Waals surface area contributed by atoms with E-state index in [0.29, 0.717) is 24.9 Å². The van der Waals surface area contributed by atoms with Crippen molar-refractivity contribution in [3.05, 3.63) is 83.4 Å². The van der Waals surface area contributed by atoms with Gasteiger partial charge in [-0.05, 0) is 37.0 Å². The summed E-state index contributed by atoms with van der Waals surface area (Å²) in [6.07, 6.45) is 2.93. The number of anilines is 1. The minimum atomic E-state index is -4.72. The van der Waals surface area contributed by atoms with Gasteiger partial charge in [-0.15, -0.1) is 0 Å². The van der Waals surface area contributed by atoms with Crippen LogP contribution >= 0.6 is 0 Å². The van der Waals surface area contributed by atoms with Gasteiger partial charge in [-0.25, -0.2) is 13.4 Å². The molecule has 4 rings (SSSR count). The monoisotopic (exact) mass is 460 g/mol. The molecule has 1 N–H and O–H groups in total. The molecule has 32 heavy (non-hydrogen) atoms. The fourth-order valence-electron chi connectivity index (χ4n) is 4.16. The summed E-state index contributed by atoms with van der Waals surface area (Å²) in [4.78, 5) is 9.60. The topological polar surface area (TPSA) is 69.3 Å². The second kappa shape index (κ2) is 9.38. The van der Waals surface area contributed by atoms with Crippen LogP contribution in [-0.4, -0.2) is 41.0 Å². The van der Waals surface area contributed by atoms with Crippen molar-refractivity contribution < 1.29 is 17.2 Å². The van der Waals surface area contributed by atoms with Crippen molar-refractivity contribution in [2.75, 3.05) is 11.4 Å². The molecule has 0 bridgehead atoms. The molecule has 0 saturated carbocycles. The number of hydrogen-bond acceptors (Lipinski definition) is 4. The minimum Gasteiger partial charge on any atom is -0.361 e. The number of nitrogens with one attached hydrogen (secondary N) is 1. The molecule has 0 fully saturated rings. The van der Waals surface area contributed by atoms with Gasteiger partial charge in [-0.3, -0.25) is 0 Å². The van der Waals surface area contributed by atoms with E-state index in [1.165, 1.54) is 0 Å². The van der Waals surface area contributed by atoms with Gasteiger partial charge in [0.25, 0.3) is 10.0 Å². The summed E-state index contributed by atoms with van der Waals surface area (Å²) in [7, 11) is -4.72. The predicted molar refractivity (Wildman–Crippen MR) is 120 cm³/mol. The summed E-state index contributed by atoms with van der Waals surface area (Å²) in [6, 6.07) is 17.0. The van der Waals surface area contributed by atoms with Crippen LogP contribution in [0.3, 0.4) is 0 Å². The van der Waals surface area contributed by atoms with Gasteiger partial charge < -0.3 is 9.88 Å². The van der Waals surface area contributed by atoms with Gasteiger partial charge >= 0.3 is 5.76 Å². The number of benzene rings is 2. The molecule has 1 aliphatic rings. The number of halogens is 2. The Labute approximate surface area is 186 Å². The first-order valence-corrected chi connectivity index (χ1v) is 12.0. The first-order valence-electron chi connectivity index (χ1n) is 10.5. The molecule has 2 aromatic carbocycles. The van der Waals surface area contributed by atoms with Crippen molar-refractivity contribution >= 4 is 15.7 Å². The number of alkyl halides is 2. The van der Waals surface area contributed by atoms with E-state index in [9.17, 15) is 17.2 Å². The number of hydrogen-bond donors (Lipinski definition) is 1. The normalized spacial score (nSPS) is 17.4. The molecule has 0 amide bonds. The zero-order valence-corrected chi connectivity index (χ0v) is 18.6. The average Bonchev–Trinajstić information content (AvgIpc) is 3.11. The summed E-state index contributed by atoms with van der Waals surface area (Å²) >= 11 is 0. The van der Waals surface area contributed by atoms with Crippen molar-refractivity contribution in [2.24, 2.45) is 0 Å². The second-order valence-corrected chi connectivity index (χ2v) is 9.91. The number of H-pyrrole nitrogens is 1. The number of aromatic nitrogens is 2. The fraction of sp³-hybridized carbons (Fsp3) is 0.348. The van der Waals surface area contributed by atoms with Gasteiger partial charge in [0.1, 0.15) is 0 Å². The van der Waals surface area contributed by atoms with Crippen molar-refractivity contribution in [3.63, 3.8) is 0 Å². The second-order valence-electron chi connectivity index (χ2n) is 8.01. The summed E-state index contributed by atoms with van der Waals surface area (Å²) in [5.74, 6) is -3.45. The lowest BCUT2D eigenvalue weighted by Crippen LogP contribution is -2.45. The Hall–Kier alpha value is -2.78. The Bertz CT molecular complexity index is 1150. The van der Waals surface area contributed by atoms with E-state index in [2.05, 4.69) is 14.9 Å². The predicted octanol–water partition coefficient (Wildman–Crippen LogP) is 4.09. The van der Waals surface area contributed by atoms with Gasteiger partial charge in [-0.2, -0.15) is 13.1 Å². The molecule has 6 nitrogen and oxygen atoms in total. The Morgan fingerprint density at radius 1 is 1.12 bits per heavy atom. The van der Waals surface area contributed by atoms with Crippen LogP contribution in [-0.2, 0) is 29.5 Å². The molecule has 1 atom stereocenters. The maximum absolute atomic E-state index is 13.5. The van der Waals surface area contributed by atoms with Gasteiger partial charge in [0.05, 0.1) is 18.6 Å². The first kappa shape index (κ1) is 22.4. The average molecular weight is 461 g/mol. The largest absolute Gasteiger partial charge is 0.361 e. The molecular formula is C23H26F2N4O2S. The Morgan fingerprint density at radius 2 is 1.84 bits per heavy atom. The van der Waals surface area contributed by atoms with E-state index >= 15 is 0 Å². The van der Waals surface area contributed by atoms with Crippen LogP contribution in [0, 0.1) is 6.92 Å². The SMILES string of the molecule is Cc1[nH]cnc1CN1c2ccccc2CN(S(=O)(=O)C(F)F)C[C@@H]1CCc1ccccc1. The molecule has 9 heteroatoms. The molecule has 1 aromatic heterocycles. The highest BCUT2D eigenvalue weighted by Gasteiger charge is 2.38. The molecule has 0 saturated heterocycles. The molecule has 0 aliphatic carbocycles. The third-order valence-electron chi connectivity index (χ3n) is 5.95. The molecule has 0 spiro atoms. The number of para-hydroxylation sites is 1. The van der Waals surface area contributed by atoms with E-state index in [0.717, 1.165) is 26.9 Å². The van der Waals surface area contributed by atoms with Crippen molar-refractivity contribution in [1.29, 1.82) is 0 Å². The molecule has 0 unspecified atom stereocenters.